The van der Waals surface area contributed by atoms with Gasteiger partial charge < -0.3 is 19.4 Å². The first-order valence-corrected chi connectivity index (χ1v) is 9.07. The predicted molar refractivity (Wildman–Crippen MR) is 87.6 cm³/mol. The summed E-state index contributed by atoms with van der Waals surface area (Å²) < 4.78 is 5.43. The minimum atomic E-state index is -0.412. The summed E-state index contributed by atoms with van der Waals surface area (Å²) in [5.74, 6) is 2.00. The van der Waals surface area contributed by atoms with Crippen LogP contribution in [0.4, 0.5) is 5.95 Å². The molecule has 1 aromatic heterocycles. The van der Waals surface area contributed by atoms with Crippen molar-refractivity contribution in [2.24, 2.45) is 5.41 Å². The number of amides is 1. The maximum Gasteiger partial charge on any atom is 0.266 e. The Morgan fingerprint density at radius 2 is 2.08 bits per heavy atom. The van der Waals surface area contributed by atoms with Crippen molar-refractivity contribution < 1.29 is 14.4 Å². The molecule has 1 spiro atoms. The highest BCUT2D eigenvalue weighted by Gasteiger charge is 2.43. The van der Waals surface area contributed by atoms with Crippen LogP contribution in [0.15, 0.2) is 4.52 Å². The van der Waals surface area contributed by atoms with Crippen LogP contribution in [0.25, 0.3) is 0 Å². The number of aromatic nitrogens is 2. The van der Waals surface area contributed by atoms with E-state index in [1.807, 2.05) is 0 Å². The van der Waals surface area contributed by atoms with Gasteiger partial charge in [-0.2, -0.15) is 4.98 Å². The van der Waals surface area contributed by atoms with E-state index < -0.39 is 6.10 Å². The molecule has 7 heteroatoms. The average Bonchev–Trinajstić information content (AvgIpc) is 2.94. The Balaban J connectivity index is 1.40. The van der Waals surface area contributed by atoms with Crippen LogP contribution in [0.1, 0.15) is 57.3 Å². The van der Waals surface area contributed by atoms with Crippen LogP contribution in [0.2, 0.25) is 0 Å². The maximum absolute atomic E-state index is 11.7. The molecule has 1 aliphatic carbocycles. The van der Waals surface area contributed by atoms with Crippen LogP contribution in [-0.2, 0) is 4.79 Å². The molecule has 3 heterocycles. The van der Waals surface area contributed by atoms with E-state index in [0.717, 1.165) is 57.6 Å². The summed E-state index contributed by atoms with van der Waals surface area (Å²) in [5.41, 5.74) is 0.0281. The number of likely N-dealkylation sites (tertiary alicyclic amines) is 1. The molecule has 2 aliphatic heterocycles. The summed E-state index contributed by atoms with van der Waals surface area (Å²) in [4.78, 5) is 20.3. The van der Waals surface area contributed by atoms with Gasteiger partial charge in [0.1, 0.15) is 0 Å². The third-order valence-electron chi connectivity index (χ3n) is 6.06. The standard InChI is InChI=1S/C17H26N4O3/c1-12(22)21-10-14(23)9-17(11-21)5-7-20(8-6-17)16-18-15(24-19-16)13-3-2-4-13/h13-14,23H,2-11H2,1H3. The van der Waals surface area contributed by atoms with Crippen LogP contribution in [0, 0.1) is 5.41 Å². The molecule has 132 valence electrons. The third kappa shape index (κ3) is 2.90. The zero-order chi connectivity index (χ0) is 16.7. The second kappa shape index (κ2) is 6.02. The number of nitrogens with zero attached hydrogens (tertiary/aromatic N) is 4. The monoisotopic (exact) mass is 334 g/mol. The second-order valence-electron chi connectivity index (χ2n) is 7.80. The highest BCUT2D eigenvalue weighted by molar-refractivity contribution is 5.73. The number of carbonyl (C=O) groups excluding carboxylic acids is 1. The highest BCUT2D eigenvalue weighted by Crippen LogP contribution is 2.41. The molecule has 3 aliphatic rings. The molecule has 3 fully saturated rings. The molecular formula is C17H26N4O3. The van der Waals surface area contributed by atoms with Gasteiger partial charge in [-0.05, 0) is 42.7 Å². The Hall–Kier alpha value is -1.63. The first kappa shape index (κ1) is 15.9. The van der Waals surface area contributed by atoms with Gasteiger partial charge in [0.05, 0.1) is 6.10 Å². The summed E-state index contributed by atoms with van der Waals surface area (Å²) in [5, 5.41) is 14.3. The maximum atomic E-state index is 11.7. The first-order valence-electron chi connectivity index (χ1n) is 9.07. The molecule has 1 atom stereocenters. The molecule has 1 aromatic rings. The summed E-state index contributed by atoms with van der Waals surface area (Å²) in [7, 11) is 0. The molecule has 0 bridgehead atoms. The van der Waals surface area contributed by atoms with Gasteiger partial charge >= 0.3 is 0 Å². The molecule has 0 radical (unpaired) electrons. The number of aliphatic hydroxyl groups excluding tert-OH is 1. The van der Waals surface area contributed by atoms with Crippen LogP contribution in [0.5, 0.6) is 0 Å². The van der Waals surface area contributed by atoms with Gasteiger partial charge in [-0.1, -0.05) is 6.42 Å². The Morgan fingerprint density at radius 1 is 1.33 bits per heavy atom. The van der Waals surface area contributed by atoms with Crippen molar-refractivity contribution in [1.29, 1.82) is 0 Å². The number of aliphatic hydroxyl groups is 1. The molecule has 2 saturated heterocycles. The summed E-state index contributed by atoms with van der Waals surface area (Å²) in [6.07, 6.45) is 5.83. The Kier molecular flexibility index (Phi) is 3.98. The van der Waals surface area contributed by atoms with E-state index in [9.17, 15) is 9.90 Å². The van der Waals surface area contributed by atoms with E-state index in [-0.39, 0.29) is 11.3 Å². The molecule has 1 N–H and O–H groups in total. The van der Waals surface area contributed by atoms with Gasteiger partial charge in [0.15, 0.2) is 0 Å². The molecule has 1 unspecified atom stereocenters. The molecule has 4 rings (SSSR count). The van der Waals surface area contributed by atoms with E-state index in [1.165, 1.54) is 6.42 Å². The highest BCUT2D eigenvalue weighted by atomic mass is 16.5. The van der Waals surface area contributed by atoms with Gasteiger partial charge in [0.2, 0.25) is 11.8 Å². The third-order valence-corrected chi connectivity index (χ3v) is 6.06. The van der Waals surface area contributed by atoms with Crippen molar-refractivity contribution in [3.8, 4) is 0 Å². The largest absolute Gasteiger partial charge is 0.391 e. The lowest BCUT2D eigenvalue weighted by Gasteiger charge is -2.48. The topological polar surface area (TPSA) is 82.7 Å². The smallest absolute Gasteiger partial charge is 0.266 e. The summed E-state index contributed by atoms with van der Waals surface area (Å²) in [6.45, 7) is 4.51. The van der Waals surface area contributed by atoms with Crippen LogP contribution < -0.4 is 4.90 Å². The van der Waals surface area contributed by atoms with Crippen molar-refractivity contribution in [3.05, 3.63) is 5.89 Å². The molecular weight excluding hydrogens is 308 g/mol. The number of carbonyl (C=O) groups is 1. The van der Waals surface area contributed by atoms with E-state index in [0.29, 0.717) is 18.4 Å². The van der Waals surface area contributed by atoms with Crippen LogP contribution >= 0.6 is 0 Å². The summed E-state index contributed by atoms with van der Waals surface area (Å²) in [6, 6.07) is 0. The lowest BCUT2D eigenvalue weighted by molar-refractivity contribution is -0.137. The quantitative estimate of drug-likeness (QED) is 0.883. The van der Waals surface area contributed by atoms with E-state index >= 15 is 0 Å². The van der Waals surface area contributed by atoms with E-state index in [4.69, 9.17) is 4.52 Å². The predicted octanol–water partition coefficient (Wildman–Crippen LogP) is 1.54. The number of hydrogen-bond acceptors (Lipinski definition) is 6. The minimum Gasteiger partial charge on any atom is -0.391 e. The van der Waals surface area contributed by atoms with E-state index in [1.54, 1.807) is 11.8 Å². The average molecular weight is 334 g/mol. The van der Waals surface area contributed by atoms with Crippen LogP contribution in [0.3, 0.4) is 0 Å². The lowest BCUT2D eigenvalue weighted by atomic mass is 9.71. The number of piperidine rings is 2. The molecule has 24 heavy (non-hydrogen) atoms. The van der Waals surface area contributed by atoms with E-state index in [2.05, 4.69) is 15.0 Å². The van der Waals surface area contributed by atoms with Gasteiger partial charge in [-0.3, -0.25) is 4.79 Å². The molecule has 1 saturated carbocycles. The molecule has 0 aromatic carbocycles. The van der Waals surface area contributed by atoms with Crippen molar-refractivity contribution in [1.82, 2.24) is 15.0 Å². The zero-order valence-electron chi connectivity index (χ0n) is 14.3. The van der Waals surface area contributed by atoms with Crippen molar-refractivity contribution in [3.63, 3.8) is 0 Å². The Morgan fingerprint density at radius 3 is 2.71 bits per heavy atom. The van der Waals surface area contributed by atoms with Crippen molar-refractivity contribution in [2.45, 2.75) is 57.5 Å². The fourth-order valence-electron chi connectivity index (χ4n) is 4.31. The molecule has 1 amide bonds. The van der Waals surface area contributed by atoms with Gasteiger partial charge in [-0.25, -0.2) is 0 Å². The number of rotatable bonds is 2. The SMILES string of the molecule is CC(=O)N1CC(O)CC2(CCN(c3noc(C4CCC4)n3)CC2)C1. The molecule has 7 nitrogen and oxygen atoms in total. The lowest BCUT2D eigenvalue weighted by Crippen LogP contribution is -2.55. The van der Waals surface area contributed by atoms with Gasteiger partial charge in [0, 0.05) is 39.0 Å². The number of anilines is 1. The normalized spacial score (nSPS) is 27.3. The minimum absolute atomic E-state index is 0.0281. The van der Waals surface area contributed by atoms with Crippen LogP contribution in [-0.4, -0.2) is 58.3 Å². The number of hydrogen-bond donors (Lipinski definition) is 1. The summed E-state index contributed by atoms with van der Waals surface area (Å²) >= 11 is 0. The first-order chi connectivity index (χ1) is 11.5. The fraction of sp³-hybridized carbons (Fsp3) is 0.824. The number of β-amino-alcohol motifs (C(OH)–C–C–N with tert-alkyl or cyclic N) is 1. The second-order valence-corrected chi connectivity index (χ2v) is 7.80. The fourth-order valence-corrected chi connectivity index (χ4v) is 4.31. The Bertz CT molecular complexity index is 605. The Labute approximate surface area is 142 Å². The van der Waals surface area contributed by atoms with Gasteiger partial charge in [0.25, 0.3) is 5.95 Å². The van der Waals surface area contributed by atoms with Crippen molar-refractivity contribution in [2.75, 3.05) is 31.1 Å². The zero-order valence-corrected chi connectivity index (χ0v) is 14.3. The van der Waals surface area contributed by atoms with Gasteiger partial charge in [-0.15, -0.1) is 0 Å². The van der Waals surface area contributed by atoms with Crippen molar-refractivity contribution >= 4 is 11.9 Å².